The van der Waals surface area contributed by atoms with Crippen LogP contribution in [-0.2, 0) is 0 Å². The molecule has 92 valence electrons. The van der Waals surface area contributed by atoms with Crippen molar-refractivity contribution in [2.24, 2.45) is 5.92 Å². The summed E-state index contributed by atoms with van der Waals surface area (Å²) in [5.74, 6) is 0.610. The zero-order valence-corrected chi connectivity index (χ0v) is 9.72. The Morgan fingerprint density at radius 1 is 1.12 bits per heavy atom. The van der Waals surface area contributed by atoms with E-state index in [2.05, 4.69) is 21.3 Å². The highest BCUT2D eigenvalue weighted by molar-refractivity contribution is 5.74. The molecule has 2 fully saturated rings. The Labute approximate surface area is 96.7 Å². The highest BCUT2D eigenvalue weighted by Gasteiger charge is 2.17. The summed E-state index contributed by atoms with van der Waals surface area (Å²) < 4.78 is 0. The Morgan fingerprint density at radius 3 is 2.56 bits per heavy atom. The number of carbonyl (C=O) groups is 1. The van der Waals surface area contributed by atoms with E-state index in [0.717, 1.165) is 45.6 Å². The van der Waals surface area contributed by atoms with Gasteiger partial charge in [-0.25, -0.2) is 4.79 Å². The van der Waals surface area contributed by atoms with E-state index in [1.165, 1.54) is 6.42 Å². The Morgan fingerprint density at radius 2 is 1.88 bits per heavy atom. The van der Waals surface area contributed by atoms with Crippen molar-refractivity contribution < 1.29 is 4.79 Å². The maximum atomic E-state index is 11.6. The summed E-state index contributed by atoms with van der Waals surface area (Å²) in [5.41, 5.74) is 0. The number of amides is 2. The van der Waals surface area contributed by atoms with Crippen LogP contribution in [0.3, 0.4) is 0 Å². The maximum Gasteiger partial charge on any atom is 0.315 e. The molecule has 2 heterocycles. The van der Waals surface area contributed by atoms with Crippen LogP contribution < -0.4 is 21.3 Å². The van der Waals surface area contributed by atoms with Gasteiger partial charge in [0.1, 0.15) is 0 Å². The number of hydrogen-bond acceptors (Lipinski definition) is 3. The Balaban J connectivity index is 1.59. The number of carbonyl (C=O) groups excluding carboxylic acids is 1. The lowest BCUT2D eigenvalue weighted by Gasteiger charge is -2.24. The van der Waals surface area contributed by atoms with Gasteiger partial charge in [-0.05, 0) is 51.4 Å². The van der Waals surface area contributed by atoms with E-state index in [4.69, 9.17) is 0 Å². The molecular formula is C11H22N4O. The van der Waals surface area contributed by atoms with E-state index in [-0.39, 0.29) is 6.03 Å². The molecule has 16 heavy (non-hydrogen) atoms. The van der Waals surface area contributed by atoms with E-state index in [0.29, 0.717) is 12.0 Å². The van der Waals surface area contributed by atoms with Crippen LogP contribution in [0.4, 0.5) is 4.79 Å². The number of piperidine rings is 1. The van der Waals surface area contributed by atoms with Crippen LogP contribution in [0.25, 0.3) is 0 Å². The summed E-state index contributed by atoms with van der Waals surface area (Å²) in [6, 6.07) is 0.349. The molecule has 1 unspecified atom stereocenters. The molecule has 2 aliphatic heterocycles. The van der Waals surface area contributed by atoms with Gasteiger partial charge in [-0.1, -0.05) is 0 Å². The van der Waals surface area contributed by atoms with Crippen molar-refractivity contribution in [3.05, 3.63) is 0 Å². The summed E-state index contributed by atoms with van der Waals surface area (Å²) in [6.07, 6.45) is 3.25. The van der Waals surface area contributed by atoms with Crippen molar-refractivity contribution in [1.29, 1.82) is 0 Å². The fourth-order valence-corrected chi connectivity index (χ4v) is 2.33. The Bertz CT molecular complexity index is 222. The van der Waals surface area contributed by atoms with Crippen LogP contribution in [0, 0.1) is 5.92 Å². The largest absolute Gasteiger partial charge is 0.338 e. The Kier molecular flexibility index (Phi) is 4.42. The van der Waals surface area contributed by atoms with Gasteiger partial charge in [-0.3, -0.25) is 0 Å². The fraction of sp³-hybridized carbons (Fsp3) is 0.909. The van der Waals surface area contributed by atoms with Gasteiger partial charge in [0.25, 0.3) is 0 Å². The van der Waals surface area contributed by atoms with Gasteiger partial charge in [0, 0.05) is 12.6 Å². The predicted molar refractivity (Wildman–Crippen MR) is 63.4 cm³/mol. The molecule has 0 bridgehead atoms. The molecule has 0 radical (unpaired) electrons. The second-order valence-corrected chi connectivity index (χ2v) is 4.74. The summed E-state index contributed by atoms with van der Waals surface area (Å²) >= 11 is 0. The zero-order valence-electron chi connectivity index (χ0n) is 9.72. The van der Waals surface area contributed by atoms with Crippen molar-refractivity contribution in [1.82, 2.24) is 21.3 Å². The molecule has 0 saturated carbocycles. The molecule has 0 spiro atoms. The van der Waals surface area contributed by atoms with Crippen LogP contribution >= 0.6 is 0 Å². The smallest absolute Gasteiger partial charge is 0.315 e. The molecule has 4 N–H and O–H groups in total. The molecule has 5 nitrogen and oxygen atoms in total. The SMILES string of the molecule is O=C(NCC1CCNC1)NC1CCNCC1. The van der Waals surface area contributed by atoms with Crippen molar-refractivity contribution in [2.75, 3.05) is 32.7 Å². The van der Waals surface area contributed by atoms with Gasteiger partial charge in [-0.15, -0.1) is 0 Å². The van der Waals surface area contributed by atoms with Crippen LogP contribution in [0.1, 0.15) is 19.3 Å². The van der Waals surface area contributed by atoms with Crippen molar-refractivity contribution in [3.8, 4) is 0 Å². The molecule has 2 rings (SSSR count). The topological polar surface area (TPSA) is 65.2 Å². The first-order chi connectivity index (χ1) is 7.84. The normalized spacial score (nSPS) is 26.6. The Hall–Kier alpha value is -0.810. The van der Waals surface area contributed by atoms with Crippen molar-refractivity contribution >= 4 is 6.03 Å². The van der Waals surface area contributed by atoms with Gasteiger partial charge in [0.05, 0.1) is 0 Å². The van der Waals surface area contributed by atoms with Gasteiger partial charge >= 0.3 is 6.03 Å². The third-order valence-corrected chi connectivity index (χ3v) is 3.39. The maximum absolute atomic E-state index is 11.6. The summed E-state index contributed by atoms with van der Waals surface area (Å²) in [6.45, 7) is 4.94. The van der Waals surface area contributed by atoms with Crippen LogP contribution in [-0.4, -0.2) is 44.8 Å². The number of urea groups is 1. The highest BCUT2D eigenvalue weighted by Crippen LogP contribution is 2.05. The fourth-order valence-electron chi connectivity index (χ4n) is 2.33. The summed E-state index contributed by atoms with van der Waals surface area (Å²) in [4.78, 5) is 11.6. The van der Waals surface area contributed by atoms with Crippen molar-refractivity contribution in [2.45, 2.75) is 25.3 Å². The first kappa shape index (κ1) is 11.7. The third kappa shape index (κ3) is 3.64. The van der Waals surface area contributed by atoms with E-state index in [1.54, 1.807) is 0 Å². The number of nitrogens with one attached hydrogen (secondary N) is 4. The molecule has 0 aromatic rings. The first-order valence-corrected chi connectivity index (χ1v) is 6.30. The molecule has 1 atom stereocenters. The predicted octanol–water partition coefficient (Wildman–Crippen LogP) is -0.353. The van der Waals surface area contributed by atoms with Crippen LogP contribution in [0.2, 0.25) is 0 Å². The molecule has 0 aliphatic carbocycles. The first-order valence-electron chi connectivity index (χ1n) is 6.30. The molecule has 2 aliphatic rings. The third-order valence-electron chi connectivity index (χ3n) is 3.39. The molecule has 0 aromatic carbocycles. The average Bonchev–Trinajstić information content (AvgIpc) is 2.81. The lowest BCUT2D eigenvalue weighted by Crippen LogP contribution is -2.47. The quantitative estimate of drug-likeness (QED) is 0.532. The summed E-state index contributed by atoms with van der Waals surface area (Å²) in [5, 5.41) is 12.6. The standard InChI is InChI=1S/C11H22N4O/c16-11(14-8-9-1-4-13-7-9)15-10-2-5-12-6-3-10/h9-10,12-13H,1-8H2,(H2,14,15,16). The van der Waals surface area contributed by atoms with Gasteiger partial charge in [-0.2, -0.15) is 0 Å². The number of hydrogen-bond donors (Lipinski definition) is 4. The highest BCUT2D eigenvalue weighted by atomic mass is 16.2. The second kappa shape index (κ2) is 6.06. The van der Waals surface area contributed by atoms with Crippen LogP contribution in [0.15, 0.2) is 0 Å². The molecule has 2 amide bonds. The molecular weight excluding hydrogens is 204 g/mol. The van der Waals surface area contributed by atoms with E-state index in [9.17, 15) is 4.79 Å². The molecule has 2 saturated heterocycles. The van der Waals surface area contributed by atoms with Crippen molar-refractivity contribution in [3.63, 3.8) is 0 Å². The zero-order chi connectivity index (χ0) is 11.2. The van der Waals surface area contributed by atoms with E-state index < -0.39 is 0 Å². The van der Waals surface area contributed by atoms with E-state index in [1.807, 2.05) is 0 Å². The minimum Gasteiger partial charge on any atom is -0.338 e. The molecule has 5 heteroatoms. The second-order valence-electron chi connectivity index (χ2n) is 4.74. The minimum absolute atomic E-state index is 0.00111. The van der Waals surface area contributed by atoms with Gasteiger partial charge < -0.3 is 21.3 Å². The van der Waals surface area contributed by atoms with E-state index >= 15 is 0 Å². The lowest BCUT2D eigenvalue weighted by molar-refractivity contribution is 0.232. The van der Waals surface area contributed by atoms with Gasteiger partial charge in [0.15, 0.2) is 0 Å². The van der Waals surface area contributed by atoms with Gasteiger partial charge in [0.2, 0.25) is 0 Å². The lowest BCUT2D eigenvalue weighted by atomic mass is 10.1. The molecule has 0 aromatic heterocycles. The van der Waals surface area contributed by atoms with Crippen LogP contribution in [0.5, 0.6) is 0 Å². The number of rotatable bonds is 3. The summed E-state index contributed by atoms with van der Waals surface area (Å²) in [7, 11) is 0. The minimum atomic E-state index is -0.00111. The average molecular weight is 226 g/mol. The monoisotopic (exact) mass is 226 g/mol.